The Morgan fingerprint density at radius 3 is 2.40 bits per heavy atom. The molecule has 20 heavy (non-hydrogen) atoms. The lowest BCUT2D eigenvalue weighted by atomic mass is 10.1. The minimum Gasteiger partial charge on any atom is -0.334 e. The highest BCUT2D eigenvalue weighted by atomic mass is 19.1. The molecule has 1 fully saturated rings. The summed E-state index contributed by atoms with van der Waals surface area (Å²) in [5, 5.41) is 0. The first-order chi connectivity index (χ1) is 9.58. The quantitative estimate of drug-likeness (QED) is 0.760. The lowest BCUT2D eigenvalue weighted by Crippen LogP contribution is -2.42. The number of rotatable bonds is 4. The van der Waals surface area contributed by atoms with Crippen molar-refractivity contribution in [1.82, 2.24) is 4.90 Å². The molecule has 1 aromatic rings. The van der Waals surface area contributed by atoms with E-state index in [0.29, 0.717) is 6.04 Å². The van der Waals surface area contributed by atoms with Crippen LogP contribution in [0.1, 0.15) is 45.1 Å². The molecule has 0 saturated heterocycles. The van der Waals surface area contributed by atoms with Gasteiger partial charge >= 0.3 is 0 Å². The summed E-state index contributed by atoms with van der Waals surface area (Å²) in [5.74, 6) is -0.209. The van der Waals surface area contributed by atoms with Crippen molar-refractivity contribution >= 4 is 12.0 Å². The van der Waals surface area contributed by atoms with Crippen molar-refractivity contribution in [3.05, 3.63) is 41.7 Å². The van der Waals surface area contributed by atoms with Gasteiger partial charge in [0, 0.05) is 18.2 Å². The van der Waals surface area contributed by atoms with Crippen LogP contribution >= 0.6 is 0 Å². The Morgan fingerprint density at radius 2 is 1.85 bits per heavy atom. The summed E-state index contributed by atoms with van der Waals surface area (Å²) in [6, 6.07) is 6.75. The zero-order chi connectivity index (χ0) is 14.5. The van der Waals surface area contributed by atoms with Gasteiger partial charge in [0.25, 0.3) is 0 Å². The largest absolute Gasteiger partial charge is 0.334 e. The molecule has 0 radical (unpaired) electrons. The Bertz CT molecular complexity index is 472. The van der Waals surface area contributed by atoms with E-state index in [1.165, 1.54) is 25.0 Å². The number of carbonyl (C=O) groups is 1. The van der Waals surface area contributed by atoms with Crippen LogP contribution in [0.2, 0.25) is 0 Å². The predicted octanol–water partition coefficient (Wildman–Crippen LogP) is 4.02. The highest BCUT2D eigenvalue weighted by molar-refractivity contribution is 5.92. The molecule has 3 heteroatoms. The zero-order valence-electron chi connectivity index (χ0n) is 12.2. The lowest BCUT2D eigenvalue weighted by molar-refractivity contribution is -0.130. The number of halogens is 1. The molecule has 1 aromatic carbocycles. The fourth-order valence-corrected chi connectivity index (χ4v) is 2.87. The van der Waals surface area contributed by atoms with Gasteiger partial charge in [-0.1, -0.05) is 25.0 Å². The van der Waals surface area contributed by atoms with Gasteiger partial charge in [-0.3, -0.25) is 4.79 Å². The Balaban J connectivity index is 2.06. The summed E-state index contributed by atoms with van der Waals surface area (Å²) < 4.78 is 12.8. The van der Waals surface area contributed by atoms with Gasteiger partial charge in [0.05, 0.1) is 0 Å². The second kappa shape index (κ2) is 6.69. The average Bonchev–Trinajstić information content (AvgIpc) is 2.91. The molecule has 0 aromatic heterocycles. The van der Waals surface area contributed by atoms with E-state index in [9.17, 15) is 9.18 Å². The lowest BCUT2D eigenvalue weighted by Gasteiger charge is -2.31. The first kappa shape index (κ1) is 14.8. The van der Waals surface area contributed by atoms with Crippen LogP contribution in [0, 0.1) is 5.82 Å². The Hall–Kier alpha value is -1.64. The summed E-state index contributed by atoms with van der Waals surface area (Å²) >= 11 is 0. The van der Waals surface area contributed by atoms with Crippen LogP contribution in [0.15, 0.2) is 30.3 Å². The van der Waals surface area contributed by atoms with E-state index in [1.807, 2.05) is 4.90 Å². The molecule has 1 aliphatic carbocycles. The molecular formula is C17H22FNO. The Kier molecular flexibility index (Phi) is 4.94. The Morgan fingerprint density at radius 1 is 1.25 bits per heavy atom. The van der Waals surface area contributed by atoms with Gasteiger partial charge in [-0.2, -0.15) is 0 Å². The molecule has 0 aliphatic heterocycles. The molecule has 0 bridgehead atoms. The van der Waals surface area contributed by atoms with Gasteiger partial charge in [-0.05, 0) is 50.5 Å². The van der Waals surface area contributed by atoms with E-state index in [4.69, 9.17) is 0 Å². The van der Waals surface area contributed by atoms with Crippen molar-refractivity contribution in [3.63, 3.8) is 0 Å². The van der Waals surface area contributed by atoms with E-state index < -0.39 is 0 Å². The number of carbonyl (C=O) groups excluding carboxylic acids is 1. The summed E-state index contributed by atoms with van der Waals surface area (Å²) in [6.07, 6.45) is 7.99. The fourth-order valence-electron chi connectivity index (χ4n) is 2.87. The number of nitrogens with zero attached hydrogens (tertiary/aromatic N) is 1. The summed E-state index contributed by atoms with van der Waals surface area (Å²) in [4.78, 5) is 14.4. The first-order valence-corrected chi connectivity index (χ1v) is 7.34. The maximum Gasteiger partial charge on any atom is 0.247 e. The highest BCUT2D eigenvalue weighted by Crippen LogP contribution is 2.25. The summed E-state index contributed by atoms with van der Waals surface area (Å²) in [7, 11) is 0. The van der Waals surface area contributed by atoms with E-state index >= 15 is 0 Å². The highest BCUT2D eigenvalue weighted by Gasteiger charge is 2.27. The van der Waals surface area contributed by atoms with Crippen LogP contribution in [0.25, 0.3) is 6.08 Å². The maximum atomic E-state index is 12.8. The normalized spacial score (nSPS) is 16.2. The second-order valence-electron chi connectivity index (χ2n) is 5.66. The van der Waals surface area contributed by atoms with Crippen LogP contribution in [0.4, 0.5) is 4.39 Å². The zero-order valence-corrected chi connectivity index (χ0v) is 12.2. The van der Waals surface area contributed by atoms with Crippen molar-refractivity contribution in [3.8, 4) is 0 Å². The van der Waals surface area contributed by atoms with Crippen molar-refractivity contribution in [2.75, 3.05) is 0 Å². The monoisotopic (exact) mass is 275 g/mol. The van der Waals surface area contributed by atoms with Gasteiger partial charge in [-0.15, -0.1) is 0 Å². The van der Waals surface area contributed by atoms with Crippen LogP contribution < -0.4 is 0 Å². The van der Waals surface area contributed by atoms with Gasteiger partial charge in [-0.25, -0.2) is 4.39 Å². The van der Waals surface area contributed by atoms with E-state index in [0.717, 1.165) is 18.4 Å². The minimum atomic E-state index is -0.261. The van der Waals surface area contributed by atoms with E-state index in [2.05, 4.69) is 13.8 Å². The van der Waals surface area contributed by atoms with Gasteiger partial charge in [0.15, 0.2) is 0 Å². The molecule has 0 N–H and O–H groups in total. The molecule has 2 rings (SSSR count). The molecular weight excluding hydrogens is 253 g/mol. The SMILES string of the molecule is CC(C)N(C(=O)/C=C/c1ccc(F)cc1)C1CCCC1. The third-order valence-electron chi connectivity index (χ3n) is 3.82. The van der Waals surface area contributed by atoms with E-state index in [-0.39, 0.29) is 17.8 Å². The van der Waals surface area contributed by atoms with Crippen LogP contribution in [0.5, 0.6) is 0 Å². The topological polar surface area (TPSA) is 20.3 Å². The molecule has 1 amide bonds. The smallest absolute Gasteiger partial charge is 0.247 e. The molecule has 0 unspecified atom stereocenters. The maximum absolute atomic E-state index is 12.8. The second-order valence-corrected chi connectivity index (χ2v) is 5.66. The van der Waals surface area contributed by atoms with Crippen LogP contribution in [-0.2, 0) is 4.79 Å². The molecule has 0 spiro atoms. The molecule has 1 aliphatic rings. The number of hydrogen-bond donors (Lipinski definition) is 0. The van der Waals surface area contributed by atoms with Gasteiger partial charge in [0.2, 0.25) is 5.91 Å². The number of benzene rings is 1. The number of amides is 1. The summed E-state index contributed by atoms with van der Waals surface area (Å²) in [6.45, 7) is 4.11. The number of hydrogen-bond acceptors (Lipinski definition) is 1. The molecule has 0 heterocycles. The van der Waals surface area contributed by atoms with Crippen molar-refractivity contribution < 1.29 is 9.18 Å². The first-order valence-electron chi connectivity index (χ1n) is 7.34. The van der Waals surface area contributed by atoms with Crippen molar-refractivity contribution in [2.24, 2.45) is 0 Å². The standard InChI is InChI=1S/C17H22FNO/c1-13(2)19(16-5-3-4-6-16)17(20)12-9-14-7-10-15(18)11-8-14/h7-13,16H,3-6H2,1-2H3/b12-9+. The fraction of sp³-hybridized carbons (Fsp3) is 0.471. The summed E-state index contributed by atoms with van der Waals surface area (Å²) in [5.41, 5.74) is 0.842. The third-order valence-corrected chi connectivity index (χ3v) is 3.82. The molecule has 0 atom stereocenters. The minimum absolute atomic E-state index is 0.0521. The third kappa shape index (κ3) is 3.69. The average molecular weight is 275 g/mol. The molecule has 108 valence electrons. The van der Waals surface area contributed by atoms with Gasteiger partial charge in [0.1, 0.15) is 5.82 Å². The molecule has 1 saturated carbocycles. The Labute approximate surface area is 120 Å². The predicted molar refractivity (Wildman–Crippen MR) is 79.7 cm³/mol. The van der Waals surface area contributed by atoms with E-state index in [1.54, 1.807) is 24.3 Å². The van der Waals surface area contributed by atoms with Gasteiger partial charge < -0.3 is 4.90 Å². The van der Waals surface area contributed by atoms with Crippen LogP contribution in [-0.4, -0.2) is 22.9 Å². The van der Waals surface area contributed by atoms with Crippen molar-refractivity contribution in [1.29, 1.82) is 0 Å². The van der Waals surface area contributed by atoms with Crippen LogP contribution in [0.3, 0.4) is 0 Å². The molecule has 2 nitrogen and oxygen atoms in total. The van der Waals surface area contributed by atoms with Crippen molar-refractivity contribution in [2.45, 2.75) is 51.6 Å².